The van der Waals surface area contributed by atoms with Gasteiger partial charge < -0.3 is 14.4 Å². The first-order chi connectivity index (χ1) is 21.6. The number of anilines is 1. The molecule has 1 aromatic heterocycles. The lowest BCUT2D eigenvalue weighted by atomic mass is 9.82. The molecule has 2 aliphatic rings. The summed E-state index contributed by atoms with van der Waals surface area (Å²) in [6, 6.07) is 13.0. The Hall–Kier alpha value is -2.93. The minimum atomic E-state index is -0.890. The number of aryl methyl sites for hydroxylation is 2. The number of aromatic nitrogens is 1. The van der Waals surface area contributed by atoms with Crippen LogP contribution >= 0.6 is 11.6 Å². The monoisotopic (exact) mass is 645 g/mol. The predicted octanol–water partition coefficient (Wildman–Crippen LogP) is 9.01. The van der Waals surface area contributed by atoms with E-state index in [0.717, 1.165) is 85.1 Å². The van der Waals surface area contributed by atoms with Crippen LogP contribution in [-0.4, -0.2) is 47.2 Å². The Labute approximate surface area is 281 Å². The largest absolute Gasteiger partial charge is 0.461 e. The Bertz CT molecular complexity index is 1550. The lowest BCUT2D eigenvalue weighted by molar-refractivity contribution is -0.171. The molecule has 1 fully saturated rings. The van der Waals surface area contributed by atoms with Crippen molar-refractivity contribution < 1.29 is 14.3 Å². The van der Waals surface area contributed by atoms with Crippen LogP contribution in [0, 0.1) is 19.3 Å². The molecular weight excluding hydrogens is 594 g/mol. The van der Waals surface area contributed by atoms with Crippen LogP contribution < -0.4 is 4.90 Å². The molecule has 0 saturated carbocycles. The molecule has 46 heavy (non-hydrogen) atoms. The Morgan fingerprint density at radius 2 is 1.76 bits per heavy atom. The van der Waals surface area contributed by atoms with E-state index in [2.05, 4.69) is 54.8 Å². The zero-order chi connectivity index (χ0) is 33.4. The van der Waals surface area contributed by atoms with Crippen LogP contribution in [0.5, 0.6) is 0 Å². The molecule has 7 heteroatoms. The molecule has 0 aliphatic carbocycles. The fourth-order valence-electron chi connectivity index (χ4n) is 6.69. The van der Waals surface area contributed by atoms with Crippen LogP contribution in [0.2, 0.25) is 5.02 Å². The summed E-state index contributed by atoms with van der Waals surface area (Å²) >= 11 is 6.58. The average molecular weight is 646 g/mol. The summed E-state index contributed by atoms with van der Waals surface area (Å²) in [6.07, 6.45) is 3.95. The van der Waals surface area contributed by atoms with Gasteiger partial charge >= 0.3 is 5.97 Å². The summed E-state index contributed by atoms with van der Waals surface area (Å²) in [5.41, 5.74) is 9.67. The lowest BCUT2D eigenvalue weighted by Gasteiger charge is -2.41. The molecule has 1 saturated heterocycles. The Morgan fingerprint density at radius 1 is 1.04 bits per heavy atom. The highest BCUT2D eigenvalue weighted by atomic mass is 35.5. The first-order valence-electron chi connectivity index (χ1n) is 16.8. The van der Waals surface area contributed by atoms with E-state index in [0.29, 0.717) is 0 Å². The van der Waals surface area contributed by atoms with Crippen LogP contribution in [-0.2, 0) is 33.8 Å². The molecule has 2 aromatic carbocycles. The second kappa shape index (κ2) is 13.7. The summed E-state index contributed by atoms with van der Waals surface area (Å²) in [7, 11) is 0. The maximum Gasteiger partial charge on any atom is 0.340 e. The number of pyridine rings is 1. The van der Waals surface area contributed by atoms with Crippen molar-refractivity contribution in [1.29, 1.82) is 0 Å². The number of rotatable bonds is 8. The minimum absolute atomic E-state index is 0.253. The topological polar surface area (TPSA) is 54.9 Å². The fourth-order valence-corrected chi connectivity index (χ4v) is 6.97. The molecule has 6 nitrogen and oxygen atoms in total. The minimum Gasteiger partial charge on any atom is -0.461 e. The van der Waals surface area contributed by atoms with E-state index in [9.17, 15) is 4.79 Å². The second-order valence-electron chi connectivity index (χ2n) is 15.2. The van der Waals surface area contributed by atoms with Gasteiger partial charge in [-0.15, -0.1) is 0 Å². The number of carbonyl (C=O) groups excluding carboxylic acids is 1. The zero-order valence-corrected chi connectivity index (χ0v) is 30.1. The number of carbonyl (C=O) groups is 1. The van der Waals surface area contributed by atoms with Gasteiger partial charge in [0.25, 0.3) is 0 Å². The summed E-state index contributed by atoms with van der Waals surface area (Å²) in [6.45, 7) is 23.0. The standard InChI is InChI=1S/C39H52ClN3O3/c1-25(2)45-37(44)36(46-38(5,6)7)34-27(4)41-22-31(35(34)43-19-16-39(8,9)17-20-43)29-13-14-30-23-42(18-15-28(30)21-29)24-32-26(3)11-10-12-33(32)40/h10-14,21-22,25,36H,15-20,23-24H2,1-9H3/t36-/m0/s1. The molecule has 5 rings (SSSR count). The molecule has 0 amide bonds. The molecule has 0 bridgehead atoms. The number of hydrogen-bond donors (Lipinski definition) is 0. The molecule has 1 atom stereocenters. The molecule has 0 spiro atoms. The molecule has 3 aromatic rings. The summed E-state index contributed by atoms with van der Waals surface area (Å²) in [5, 5.41) is 0.837. The molecule has 0 N–H and O–H groups in total. The van der Waals surface area contributed by atoms with Gasteiger partial charge in [-0.1, -0.05) is 55.8 Å². The van der Waals surface area contributed by atoms with Gasteiger partial charge in [-0.2, -0.15) is 0 Å². The second-order valence-corrected chi connectivity index (χ2v) is 15.7. The summed E-state index contributed by atoms with van der Waals surface area (Å²) < 4.78 is 12.3. The molecule has 248 valence electrons. The fraction of sp³-hybridized carbons (Fsp3) is 0.538. The third-order valence-electron chi connectivity index (χ3n) is 9.36. The highest BCUT2D eigenvalue weighted by molar-refractivity contribution is 6.31. The van der Waals surface area contributed by atoms with Gasteiger partial charge in [-0.25, -0.2) is 4.79 Å². The van der Waals surface area contributed by atoms with Gasteiger partial charge in [0.2, 0.25) is 0 Å². The van der Waals surface area contributed by atoms with Crippen molar-refractivity contribution in [3.63, 3.8) is 0 Å². The molecular formula is C39H52ClN3O3. The van der Waals surface area contributed by atoms with Crippen molar-refractivity contribution in [2.24, 2.45) is 5.41 Å². The highest BCUT2D eigenvalue weighted by Crippen LogP contribution is 2.44. The van der Waals surface area contributed by atoms with Crippen molar-refractivity contribution in [1.82, 2.24) is 9.88 Å². The van der Waals surface area contributed by atoms with E-state index >= 15 is 0 Å². The summed E-state index contributed by atoms with van der Waals surface area (Å²) in [4.78, 5) is 23.6. The molecule has 0 unspecified atom stereocenters. The normalized spacial score (nSPS) is 17.6. The number of ether oxygens (including phenoxy) is 2. The van der Waals surface area contributed by atoms with Crippen molar-refractivity contribution in [2.45, 2.75) is 112 Å². The van der Waals surface area contributed by atoms with Gasteiger partial charge in [0, 0.05) is 60.8 Å². The number of benzene rings is 2. The van der Waals surface area contributed by atoms with Gasteiger partial charge in [-0.3, -0.25) is 9.88 Å². The zero-order valence-electron chi connectivity index (χ0n) is 29.3. The van der Waals surface area contributed by atoms with Crippen LogP contribution in [0.3, 0.4) is 0 Å². The first-order valence-corrected chi connectivity index (χ1v) is 17.2. The van der Waals surface area contributed by atoms with Crippen molar-refractivity contribution in [3.8, 4) is 11.1 Å². The maximum absolute atomic E-state index is 13.8. The van der Waals surface area contributed by atoms with Crippen molar-refractivity contribution >= 4 is 23.3 Å². The van der Waals surface area contributed by atoms with Crippen LogP contribution in [0.1, 0.15) is 101 Å². The molecule has 0 radical (unpaired) electrons. The number of esters is 1. The number of fused-ring (bicyclic) bond motifs is 1. The van der Waals surface area contributed by atoms with E-state index in [1.807, 2.05) is 59.9 Å². The SMILES string of the molecule is Cc1cccc(Cl)c1CN1CCc2cc(-c3cnc(C)c([C@H](OC(C)(C)C)C(=O)OC(C)C)c3N3CCC(C)(C)CC3)ccc2C1. The maximum atomic E-state index is 13.8. The number of nitrogens with zero attached hydrogens (tertiary/aromatic N) is 3. The third kappa shape index (κ3) is 7.95. The quantitative estimate of drug-likeness (QED) is 0.228. The van der Waals surface area contributed by atoms with E-state index in [-0.39, 0.29) is 17.5 Å². The predicted molar refractivity (Wildman–Crippen MR) is 188 cm³/mol. The van der Waals surface area contributed by atoms with Gasteiger partial charge in [0.05, 0.1) is 17.4 Å². The third-order valence-corrected chi connectivity index (χ3v) is 9.72. The Kier molecular flexibility index (Phi) is 10.2. The molecule has 2 aliphatic heterocycles. The van der Waals surface area contributed by atoms with Gasteiger partial charge in [-0.05, 0) is 107 Å². The van der Waals surface area contributed by atoms with Gasteiger partial charge in [0.15, 0.2) is 6.10 Å². The van der Waals surface area contributed by atoms with Crippen LogP contribution in [0.15, 0.2) is 42.6 Å². The van der Waals surface area contributed by atoms with Crippen molar-refractivity contribution in [2.75, 3.05) is 24.5 Å². The summed E-state index contributed by atoms with van der Waals surface area (Å²) in [5.74, 6) is -0.371. The Morgan fingerprint density at radius 3 is 2.41 bits per heavy atom. The number of piperidine rings is 1. The van der Waals surface area contributed by atoms with E-state index < -0.39 is 11.7 Å². The number of halogens is 1. The smallest absolute Gasteiger partial charge is 0.340 e. The van der Waals surface area contributed by atoms with E-state index in [1.54, 1.807) is 0 Å². The van der Waals surface area contributed by atoms with Gasteiger partial charge in [0.1, 0.15) is 0 Å². The molecule has 3 heterocycles. The Balaban J connectivity index is 1.56. The van der Waals surface area contributed by atoms with E-state index in [4.69, 9.17) is 26.1 Å². The number of hydrogen-bond acceptors (Lipinski definition) is 6. The average Bonchev–Trinajstić information content (AvgIpc) is 2.97. The lowest BCUT2D eigenvalue weighted by Crippen LogP contribution is -2.39. The van der Waals surface area contributed by atoms with Crippen LogP contribution in [0.25, 0.3) is 11.1 Å². The highest BCUT2D eigenvalue weighted by Gasteiger charge is 2.37. The van der Waals surface area contributed by atoms with Crippen molar-refractivity contribution in [3.05, 3.63) is 81.1 Å². The van der Waals surface area contributed by atoms with Crippen LogP contribution in [0.4, 0.5) is 5.69 Å². The first kappa shape index (κ1) is 34.4. The van der Waals surface area contributed by atoms with E-state index in [1.165, 1.54) is 22.3 Å².